The van der Waals surface area contributed by atoms with Gasteiger partial charge in [-0.25, -0.2) is 4.79 Å². The molecule has 26 heteroatoms. The van der Waals surface area contributed by atoms with Crippen LogP contribution in [0.4, 0.5) is 0 Å². The van der Waals surface area contributed by atoms with Crippen molar-refractivity contribution in [2.24, 2.45) is 47.3 Å². The minimum absolute atomic E-state index is 0.0373. The third kappa shape index (κ3) is 23.5. The molecule has 2 aliphatic heterocycles. The molecule has 2 rings (SSSR count). The fraction of sp³-hybridized carbons (Fsp3) is 0.833. The molecule has 26 nitrogen and oxygen atoms in total. The maximum Gasteiger partial charge on any atom is 0.329 e. The van der Waals surface area contributed by atoms with E-state index in [0.29, 0.717) is 26.1 Å². The van der Waals surface area contributed by atoms with E-state index < -0.39 is 162 Å². The molecule has 2 saturated heterocycles. The summed E-state index contributed by atoms with van der Waals surface area (Å²) in [6, 6.07) is -12.3. The summed E-state index contributed by atoms with van der Waals surface area (Å²) in [7, 11) is 9.78. The fourth-order valence-electron chi connectivity index (χ4n) is 11.7. The van der Waals surface area contributed by atoms with Gasteiger partial charge in [0.1, 0.15) is 54.4 Å². The number of ether oxygens (including phenoxy) is 2. The van der Waals surface area contributed by atoms with Gasteiger partial charge in [0.05, 0.1) is 24.9 Å². The topological polar surface area (TPSA) is 317 Å². The van der Waals surface area contributed by atoms with E-state index in [2.05, 4.69) is 26.2 Å². The monoisotopic (exact) mass is 1310 g/mol. The van der Waals surface area contributed by atoms with E-state index in [1.807, 2.05) is 69.2 Å². The summed E-state index contributed by atoms with van der Waals surface area (Å²) < 4.78 is 11.3. The molecule has 0 aliphatic carbocycles. The molecule has 0 spiro atoms. The van der Waals surface area contributed by atoms with E-state index in [-0.39, 0.29) is 67.8 Å². The van der Waals surface area contributed by atoms with Crippen molar-refractivity contribution in [2.75, 3.05) is 75.6 Å². The molecule has 0 bridgehead atoms. The van der Waals surface area contributed by atoms with Crippen molar-refractivity contribution in [3.63, 3.8) is 0 Å². The number of carbonyl (C=O) groups excluding carboxylic acids is 11. The third-order valence-electron chi connectivity index (χ3n) is 17.5. The number of nitrogens with one attached hydrogen (secondary N) is 4. The zero-order valence-corrected chi connectivity index (χ0v) is 60.0. The number of cyclic esters (lactones) is 1. The number of aliphatic hydroxyl groups is 2. The molecule has 2 heterocycles. The first kappa shape index (κ1) is 82.1. The number of methoxy groups -OCH3 is 1. The number of amides is 10. The number of hydrogen-bond donors (Lipinski definition) is 6. The standard InChI is InChI=1S/C66H119N11O15/c1-35(2)27-46-61(85)73(20)49(30-38(7)8)57(81)67-43(16)66(90)92-56(41(13)14)65(89)74(21)50(31-39(9)10)59(83)69-47(28-36(3)4)62(86)75(22)53(40(11)12)64(88)76(23)54(55(80)42(15)25-26-77-32-45(33-77)91-24)60(84)70-52(44(17)78)63(87)71(18)34-51(79)72(19)48(29-37(5)6)58(82)68-46/h35-50,52-56,78,80H,25-34H2,1-24H3,(H,67,81)(H,68,82)(H,69,83)(H,70,84)/t42-,43+,44-,46+,47-,48+,49+,50+,52+,53+,54+,55-,56-/m1/s1. The summed E-state index contributed by atoms with van der Waals surface area (Å²) in [4.78, 5) is 171. The molecular weight excluding hydrogens is 1190 g/mol. The first-order valence-electron chi connectivity index (χ1n) is 33.1. The molecule has 0 saturated carbocycles. The maximum absolute atomic E-state index is 15.3. The zero-order chi connectivity index (χ0) is 70.8. The quantitative estimate of drug-likeness (QED) is 0.101. The Labute approximate surface area is 549 Å². The molecule has 0 aromatic rings. The van der Waals surface area contributed by atoms with Gasteiger partial charge < -0.3 is 70.4 Å². The lowest BCUT2D eigenvalue weighted by Crippen LogP contribution is -2.64. The minimum Gasteiger partial charge on any atom is -0.450 e. The van der Waals surface area contributed by atoms with Crippen molar-refractivity contribution in [3.05, 3.63) is 0 Å². The minimum atomic E-state index is -1.76. The average Bonchev–Trinajstić information content (AvgIpc) is 1.81. The lowest BCUT2D eigenvalue weighted by atomic mass is 9.91. The number of likely N-dealkylation sites (tertiary alicyclic amines) is 1. The second-order valence-corrected chi connectivity index (χ2v) is 28.9. The summed E-state index contributed by atoms with van der Waals surface area (Å²) in [5.74, 6) is -11.6. The molecule has 13 atom stereocenters. The molecule has 2 aliphatic rings. The normalized spacial score (nSPS) is 27.2. The first-order valence-corrected chi connectivity index (χ1v) is 33.1. The molecule has 0 unspecified atom stereocenters. The van der Waals surface area contributed by atoms with Gasteiger partial charge in [0.15, 0.2) is 6.10 Å². The van der Waals surface area contributed by atoms with Crippen LogP contribution in [0.15, 0.2) is 0 Å². The number of esters is 1. The van der Waals surface area contributed by atoms with E-state index in [0.717, 1.165) is 14.7 Å². The van der Waals surface area contributed by atoms with Gasteiger partial charge in [0.2, 0.25) is 53.2 Å². The number of hydrogen-bond acceptors (Lipinski definition) is 16. The van der Waals surface area contributed by atoms with Crippen LogP contribution in [0, 0.1) is 47.3 Å². The number of aliphatic hydroxyl groups excluding tert-OH is 2. The van der Waals surface area contributed by atoms with Crippen molar-refractivity contribution in [3.8, 4) is 0 Å². The average molecular weight is 1310 g/mol. The van der Waals surface area contributed by atoms with E-state index in [1.165, 1.54) is 70.8 Å². The van der Waals surface area contributed by atoms with E-state index in [9.17, 15) is 48.6 Å². The molecule has 0 aromatic carbocycles. The number of likely N-dealkylation sites (N-methyl/N-ethyl adjacent to an activating group) is 6. The van der Waals surface area contributed by atoms with E-state index in [4.69, 9.17) is 9.47 Å². The van der Waals surface area contributed by atoms with Gasteiger partial charge in [0, 0.05) is 62.5 Å². The maximum atomic E-state index is 15.3. The second kappa shape index (κ2) is 37.2. The molecular formula is C66H119N11O15. The second-order valence-electron chi connectivity index (χ2n) is 28.9. The predicted molar refractivity (Wildman–Crippen MR) is 349 cm³/mol. The Bertz CT molecular complexity index is 2490. The van der Waals surface area contributed by atoms with E-state index in [1.54, 1.807) is 41.7 Å². The Morgan fingerprint density at radius 3 is 1.32 bits per heavy atom. The van der Waals surface area contributed by atoms with Crippen molar-refractivity contribution in [1.82, 2.24) is 55.6 Å². The zero-order valence-electron chi connectivity index (χ0n) is 60.0. The van der Waals surface area contributed by atoms with Crippen molar-refractivity contribution >= 4 is 65.0 Å². The highest BCUT2D eigenvalue weighted by Crippen LogP contribution is 2.26. The fourth-order valence-corrected chi connectivity index (χ4v) is 11.7. The van der Waals surface area contributed by atoms with Crippen molar-refractivity contribution < 1.29 is 72.4 Å². The summed E-state index contributed by atoms with van der Waals surface area (Å²) in [5.41, 5.74) is 0. The molecule has 2 fully saturated rings. The number of carbonyl (C=O) groups is 11. The predicted octanol–water partition coefficient (Wildman–Crippen LogP) is 2.11. The highest BCUT2D eigenvalue weighted by atomic mass is 16.6. The van der Waals surface area contributed by atoms with Crippen LogP contribution in [-0.4, -0.2) is 264 Å². The Kier molecular flexibility index (Phi) is 33.2. The van der Waals surface area contributed by atoms with E-state index >= 15 is 14.4 Å². The summed E-state index contributed by atoms with van der Waals surface area (Å²) >= 11 is 0. The Hall–Kier alpha value is -5.99. The van der Waals surface area contributed by atoms with Crippen molar-refractivity contribution in [2.45, 2.75) is 235 Å². The Morgan fingerprint density at radius 2 is 0.902 bits per heavy atom. The van der Waals surface area contributed by atoms with Gasteiger partial charge in [-0.05, 0) is 106 Å². The lowest BCUT2D eigenvalue weighted by molar-refractivity contribution is -0.166. The number of nitrogens with zero attached hydrogens (tertiary/aromatic N) is 7. The van der Waals surface area contributed by atoms with Gasteiger partial charge >= 0.3 is 5.97 Å². The van der Waals surface area contributed by atoms with Gasteiger partial charge in [-0.3, -0.25) is 52.8 Å². The Morgan fingerprint density at radius 1 is 0.489 bits per heavy atom. The molecule has 10 amide bonds. The highest BCUT2D eigenvalue weighted by Gasteiger charge is 2.46. The summed E-state index contributed by atoms with van der Waals surface area (Å²) in [6.45, 7) is 30.6. The van der Waals surface area contributed by atoms with Crippen LogP contribution in [0.3, 0.4) is 0 Å². The SMILES string of the molecule is COC1CN(CC[C@@H](C)[C@@H](O)[C@H]2C(=O)N[C@@H]([C@@H](C)O)C(=O)N(C)CC(=O)N(C)[C@@H](CC(C)C)C(=O)N[C@@H](CC(C)C)C(=O)N(C)[C@@H](CC(C)C)C(=O)N[C@@H](C)C(=O)O[C@H](C(C)C)C(=O)N(C)[C@@H](CC(C)C)C(=O)N[C@H](CC(C)C)C(=O)N(C)[C@@H](C(C)C)C(=O)N2C)C1. The molecule has 0 radical (unpaired) electrons. The Balaban J connectivity index is 3.02. The molecule has 92 heavy (non-hydrogen) atoms. The van der Waals surface area contributed by atoms with Gasteiger partial charge in [-0.1, -0.05) is 104 Å². The lowest BCUT2D eigenvalue weighted by Gasteiger charge is -2.41. The van der Waals surface area contributed by atoms with Crippen LogP contribution < -0.4 is 21.3 Å². The molecule has 6 N–H and O–H groups in total. The van der Waals surface area contributed by atoms with Crippen LogP contribution >= 0.6 is 0 Å². The van der Waals surface area contributed by atoms with Crippen LogP contribution in [0.2, 0.25) is 0 Å². The largest absolute Gasteiger partial charge is 0.450 e. The summed E-state index contributed by atoms with van der Waals surface area (Å²) in [5, 5.41) is 34.7. The van der Waals surface area contributed by atoms with Gasteiger partial charge in [0.25, 0.3) is 5.91 Å². The first-order chi connectivity index (χ1) is 42.5. The van der Waals surface area contributed by atoms with Gasteiger partial charge in [-0.15, -0.1) is 0 Å². The summed E-state index contributed by atoms with van der Waals surface area (Å²) in [6.07, 6.45) is -3.77. The van der Waals surface area contributed by atoms with Gasteiger partial charge in [-0.2, -0.15) is 0 Å². The molecule has 0 aromatic heterocycles. The molecule has 528 valence electrons. The van der Waals surface area contributed by atoms with Crippen LogP contribution in [0.25, 0.3) is 0 Å². The van der Waals surface area contributed by atoms with Crippen LogP contribution in [-0.2, 0) is 62.2 Å². The smallest absolute Gasteiger partial charge is 0.329 e. The third-order valence-corrected chi connectivity index (χ3v) is 17.5. The highest BCUT2D eigenvalue weighted by molar-refractivity contribution is 5.99. The van der Waals surface area contributed by atoms with Crippen LogP contribution in [0.5, 0.6) is 0 Å². The van der Waals surface area contributed by atoms with Crippen LogP contribution in [0.1, 0.15) is 156 Å². The van der Waals surface area contributed by atoms with Crippen molar-refractivity contribution in [1.29, 1.82) is 0 Å². The number of rotatable bonds is 19.